The molecule has 0 unspecified atom stereocenters. The third-order valence-electron chi connectivity index (χ3n) is 2.89. The number of rotatable bonds is 4. The van der Waals surface area contributed by atoms with Crippen LogP contribution in [-0.2, 0) is 12.8 Å². The smallest absolute Gasteiger partial charge is 0.0458 e. The van der Waals surface area contributed by atoms with Crippen molar-refractivity contribution < 1.29 is 0 Å². The van der Waals surface area contributed by atoms with Crippen LogP contribution in [0.15, 0.2) is 48.5 Å². The number of aryl methyl sites for hydroxylation is 1. The summed E-state index contributed by atoms with van der Waals surface area (Å²) in [6, 6.07) is 16.2. The summed E-state index contributed by atoms with van der Waals surface area (Å²) < 4.78 is 0. The maximum Gasteiger partial charge on any atom is 0.0458 e. The molecule has 0 aliphatic heterocycles. The molecule has 0 aliphatic carbocycles. The Labute approximate surface area is 107 Å². The lowest BCUT2D eigenvalue weighted by Gasteiger charge is -2.07. The number of halogens is 1. The van der Waals surface area contributed by atoms with Gasteiger partial charge in [-0.2, -0.15) is 0 Å². The van der Waals surface area contributed by atoms with Crippen LogP contribution in [0.3, 0.4) is 0 Å². The van der Waals surface area contributed by atoms with Gasteiger partial charge in [-0.25, -0.2) is 0 Å². The molecule has 0 radical (unpaired) electrons. The van der Waals surface area contributed by atoms with Crippen LogP contribution in [0.5, 0.6) is 0 Å². The van der Waals surface area contributed by atoms with Gasteiger partial charge in [0, 0.05) is 10.7 Å². The lowest BCUT2D eigenvalue weighted by atomic mass is 10.0. The normalized spacial score (nSPS) is 10.4. The predicted octanol–water partition coefficient (Wildman–Crippen LogP) is 4.10. The van der Waals surface area contributed by atoms with Crippen LogP contribution in [0, 0.1) is 0 Å². The molecule has 0 fully saturated rings. The van der Waals surface area contributed by atoms with Crippen LogP contribution in [0.4, 0.5) is 5.69 Å². The average molecular weight is 246 g/mol. The number of hydrogen-bond acceptors (Lipinski definition) is 1. The summed E-state index contributed by atoms with van der Waals surface area (Å²) >= 11 is 6.13. The van der Waals surface area contributed by atoms with E-state index in [9.17, 15) is 0 Å². The predicted molar refractivity (Wildman–Crippen MR) is 74.3 cm³/mol. The number of benzene rings is 2. The van der Waals surface area contributed by atoms with Gasteiger partial charge in [-0.1, -0.05) is 48.0 Å². The lowest BCUT2D eigenvalue weighted by Crippen LogP contribution is -1.97. The second-order valence-corrected chi connectivity index (χ2v) is 4.55. The molecule has 1 nitrogen and oxygen atoms in total. The lowest BCUT2D eigenvalue weighted by molar-refractivity contribution is 0.822. The van der Waals surface area contributed by atoms with Crippen molar-refractivity contribution in [2.24, 2.45) is 0 Å². The zero-order chi connectivity index (χ0) is 12.1. The first-order valence-corrected chi connectivity index (χ1v) is 6.22. The van der Waals surface area contributed by atoms with Crippen LogP contribution in [0.2, 0.25) is 5.02 Å². The molecule has 0 aromatic heterocycles. The molecule has 2 aromatic rings. The highest BCUT2D eigenvalue weighted by molar-refractivity contribution is 6.31. The van der Waals surface area contributed by atoms with Crippen LogP contribution in [0.25, 0.3) is 0 Å². The summed E-state index contributed by atoms with van der Waals surface area (Å²) in [5, 5.41) is 0.776. The number of nitrogen functional groups attached to an aromatic ring is 1. The Morgan fingerprint density at radius 3 is 2.35 bits per heavy atom. The van der Waals surface area contributed by atoms with Crippen molar-refractivity contribution in [3.63, 3.8) is 0 Å². The molecule has 2 heteroatoms. The van der Waals surface area contributed by atoms with Gasteiger partial charge in [-0.3, -0.25) is 0 Å². The van der Waals surface area contributed by atoms with E-state index in [4.69, 9.17) is 17.3 Å². The van der Waals surface area contributed by atoms with E-state index in [2.05, 4.69) is 24.3 Å². The Hall–Kier alpha value is -1.47. The highest BCUT2D eigenvalue weighted by Gasteiger charge is 2.04. The highest BCUT2D eigenvalue weighted by atomic mass is 35.5. The molecule has 17 heavy (non-hydrogen) atoms. The highest BCUT2D eigenvalue weighted by Crippen LogP contribution is 2.23. The second kappa shape index (κ2) is 5.74. The van der Waals surface area contributed by atoms with Gasteiger partial charge in [-0.05, 0) is 42.5 Å². The summed E-state index contributed by atoms with van der Waals surface area (Å²) in [4.78, 5) is 0. The summed E-state index contributed by atoms with van der Waals surface area (Å²) in [5.41, 5.74) is 9.15. The quantitative estimate of drug-likeness (QED) is 0.807. The summed E-state index contributed by atoms with van der Waals surface area (Å²) in [6.45, 7) is 0. The minimum absolute atomic E-state index is 0.776. The molecule has 88 valence electrons. The van der Waals surface area contributed by atoms with Gasteiger partial charge < -0.3 is 5.73 Å². The first kappa shape index (κ1) is 12.0. The zero-order valence-corrected chi connectivity index (χ0v) is 10.5. The molecule has 0 heterocycles. The summed E-state index contributed by atoms with van der Waals surface area (Å²) in [5.74, 6) is 0. The van der Waals surface area contributed by atoms with E-state index in [1.54, 1.807) is 0 Å². The van der Waals surface area contributed by atoms with E-state index in [-0.39, 0.29) is 0 Å². The largest absolute Gasteiger partial charge is 0.398 e. The molecule has 0 saturated heterocycles. The SMILES string of the molecule is Nc1cccc(Cl)c1CCCc1ccccc1. The van der Waals surface area contributed by atoms with E-state index in [0.717, 1.165) is 35.5 Å². The topological polar surface area (TPSA) is 26.0 Å². The van der Waals surface area contributed by atoms with Crippen LogP contribution in [-0.4, -0.2) is 0 Å². The molecule has 2 aromatic carbocycles. The Bertz CT molecular complexity index is 459. The fourth-order valence-electron chi connectivity index (χ4n) is 1.95. The fraction of sp³-hybridized carbons (Fsp3) is 0.200. The maximum absolute atomic E-state index is 6.13. The Balaban J connectivity index is 1.95. The zero-order valence-electron chi connectivity index (χ0n) is 9.70. The standard InChI is InChI=1S/C15H16ClN/c16-14-10-5-11-15(17)13(14)9-4-8-12-6-2-1-3-7-12/h1-3,5-7,10-11H,4,8-9,17H2. The molecular weight excluding hydrogens is 230 g/mol. The maximum atomic E-state index is 6.13. The van der Waals surface area contributed by atoms with Gasteiger partial charge in [0.25, 0.3) is 0 Å². The van der Waals surface area contributed by atoms with E-state index in [0.29, 0.717) is 0 Å². The van der Waals surface area contributed by atoms with Crippen LogP contribution >= 0.6 is 11.6 Å². The first-order valence-electron chi connectivity index (χ1n) is 5.84. The minimum atomic E-state index is 0.776. The van der Waals surface area contributed by atoms with Crippen molar-refractivity contribution >= 4 is 17.3 Å². The monoisotopic (exact) mass is 245 g/mol. The summed E-state index contributed by atoms with van der Waals surface area (Å²) in [6.07, 6.45) is 3.06. The van der Waals surface area contributed by atoms with Gasteiger partial charge in [0.05, 0.1) is 0 Å². The van der Waals surface area contributed by atoms with E-state index >= 15 is 0 Å². The number of anilines is 1. The molecule has 0 saturated carbocycles. The Morgan fingerprint density at radius 1 is 0.882 bits per heavy atom. The Kier molecular flexibility index (Phi) is 4.05. The second-order valence-electron chi connectivity index (χ2n) is 4.15. The van der Waals surface area contributed by atoms with Crippen LogP contribution < -0.4 is 5.73 Å². The first-order chi connectivity index (χ1) is 8.27. The molecule has 0 aliphatic rings. The fourth-order valence-corrected chi connectivity index (χ4v) is 2.23. The summed E-state index contributed by atoms with van der Waals surface area (Å²) in [7, 11) is 0. The van der Waals surface area contributed by atoms with Crippen LogP contribution in [0.1, 0.15) is 17.5 Å². The van der Waals surface area contributed by atoms with Crippen molar-refractivity contribution in [2.75, 3.05) is 5.73 Å². The van der Waals surface area contributed by atoms with Gasteiger partial charge >= 0.3 is 0 Å². The molecular formula is C15H16ClN. The molecule has 0 atom stereocenters. The minimum Gasteiger partial charge on any atom is -0.398 e. The molecule has 0 amide bonds. The van der Waals surface area contributed by atoms with Crippen molar-refractivity contribution in [1.82, 2.24) is 0 Å². The average Bonchev–Trinajstić information content (AvgIpc) is 2.34. The van der Waals surface area contributed by atoms with Gasteiger partial charge in [0.15, 0.2) is 0 Å². The van der Waals surface area contributed by atoms with Gasteiger partial charge in [0.1, 0.15) is 0 Å². The van der Waals surface area contributed by atoms with Gasteiger partial charge in [-0.15, -0.1) is 0 Å². The van der Waals surface area contributed by atoms with E-state index < -0.39 is 0 Å². The van der Waals surface area contributed by atoms with Crippen molar-refractivity contribution in [3.8, 4) is 0 Å². The number of hydrogen-bond donors (Lipinski definition) is 1. The van der Waals surface area contributed by atoms with Crippen molar-refractivity contribution in [1.29, 1.82) is 0 Å². The van der Waals surface area contributed by atoms with E-state index in [1.807, 2.05) is 24.3 Å². The molecule has 2 rings (SSSR count). The van der Waals surface area contributed by atoms with E-state index in [1.165, 1.54) is 5.56 Å². The van der Waals surface area contributed by atoms with Gasteiger partial charge in [0.2, 0.25) is 0 Å². The van der Waals surface area contributed by atoms with Crippen molar-refractivity contribution in [3.05, 3.63) is 64.7 Å². The third kappa shape index (κ3) is 3.24. The molecule has 0 spiro atoms. The molecule has 2 N–H and O–H groups in total. The van der Waals surface area contributed by atoms with Crippen molar-refractivity contribution in [2.45, 2.75) is 19.3 Å². The Morgan fingerprint density at radius 2 is 1.65 bits per heavy atom. The molecule has 0 bridgehead atoms. The third-order valence-corrected chi connectivity index (χ3v) is 3.24. The number of nitrogens with two attached hydrogens (primary N) is 1.